The molecule has 1 aromatic carbocycles. The van der Waals surface area contributed by atoms with Crippen molar-refractivity contribution in [2.75, 3.05) is 0 Å². The molecule has 4 heteroatoms. The average Bonchev–Trinajstić information content (AvgIpc) is 2.25. The smallest absolute Gasteiger partial charge is 0.258 e. The van der Waals surface area contributed by atoms with Crippen LogP contribution in [0.4, 0.5) is 5.69 Å². The maximum atomic E-state index is 10.6. The van der Waals surface area contributed by atoms with E-state index in [1.165, 1.54) is 6.07 Å². The number of unbranched alkanes of at least 4 members (excludes halogenated alkanes) is 1. The Hall–Kier alpha value is -1.89. The number of hydrogen-bond donors (Lipinski definition) is 0. The molecule has 78 valence electrons. The van der Waals surface area contributed by atoms with Gasteiger partial charge in [0.05, 0.1) is 4.92 Å². The van der Waals surface area contributed by atoms with Crippen molar-refractivity contribution in [3.63, 3.8) is 0 Å². The van der Waals surface area contributed by atoms with Crippen molar-refractivity contribution in [1.29, 1.82) is 5.26 Å². The summed E-state index contributed by atoms with van der Waals surface area (Å²) >= 11 is 0. The quantitative estimate of drug-likeness (QED) is 0.559. The highest BCUT2D eigenvalue weighted by Gasteiger charge is 2.13. The predicted molar refractivity (Wildman–Crippen MR) is 56.4 cm³/mol. The van der Waals surface area contributed by atoms with Crippen LogP contribution in [0, 0.1) is 21.4 Å². The molecule has 0 aromatic heterocycles. The number of hydrogen-bond acceptors (Lipinski definition) is 3. The Kier molecular flexibility index (Phi) is 3.81. The average molecular weight is 204 g/mol. The lowest BCUT2D eigenvalue weighted by Crippen LogP contribution is -1.94. The molecule has 0 spiro atoms. The van der Waals surface area contributed by atoms with Crippen LogP contribution in [0.5, 0.6) is 0 Å². The van der Waals surface area contributed by atoms with Crippen molar-refractivity contribution in [3.8, 4) is 6.07 Å². The molecule has 0 aliphatic heterocycles. The second kappa shape index (κ2) is 5.11. The summed E-state index contributed by atoms with van der Waals surface area (Å²) in [5.41, 5.74) is 1.02. The van der Waals surface area contributed by atoms with Crippen LogP contribution in [0.15, 0.2) is 18.2 Å². The second-order valence-electron chi connectivity index (χ2n) is 3.32. The second-order valence-corrected chi connectivity index (χ2v) is 3.32. The summed E-state index contributed by atoms with van der Waals surface area (Å²) in [7, 11) is 0. The summed E-state index contributed by atoms with van der Waals surface area (Å²) in [5, 5.41) is 19.3. The van der Waals surface area contributed by atoms with E-state index >= 15 is 0 Å². The van der Waals surface area contributed by atoms with E-state index in [-0.39, 0.29) is 11.3 Å². The van der Waals surface area contributed by atoms with Crippen LogP contribution >= 0.6 is 0 Å². The van der Waals surface area contributed by atoms with Gasteiger partial charge in [-0.05, 0) is 24.5 Å². The molecule has 15 heavy (non-hydrogen) atoms. The lowest BCUT2D eigenvalue weighted by Gasteiger charge is -2.00. The monoisotopic (exact) mass is 204 g/mol. The maximum Gasteiger partial charge on any atom is 0.287 e. The van der Waals surface area contributed by atoms with Gasteiger partial charge in [0.1, 0.15) is 11.6 Å². The van der Waals surface area contributed by atoms with Gasteiger partial charge in [-0.15, -0.1) is 0 Å². The molecule has 0 amide bonds. The number of nitrogens with zero attached hydrogens (tertiary/aromatic N) is 2. The highest BCUT2D eigenvalue weighted by Crippen LogP contribution is 2.19. The Morgan fingerprint density at radius 3 is 2.80 bits per heavy atom. The molecule has 0 unspecified atom stereocenters. The van der Waals surface area contributed by atoms with Crippen LogP contribution in [0.3, 0.4) is 0 Å². The SMILES string of the molecule is CCCCc1ccc([N+](=O)[O-])c(C#N)c1. The van der Waals surface area contributed by atoms with Crippen molar-refractivity contribution in [3.05, 3.63) is 39.4 Å². The fourth-order valence-corrected chi connectivity index (χ4v) is 1.37. The predicted octanol–water partition coefficient (Wildman–Crippen LogP) is 2.81. The Balaban J connectivity index is 2.98. The van der Waals surface area contributed by atoms with Crippen LogP contribution in [0.25, 0.3) is 0 Å². The molecular formula is C11H12N2O2. The third-order valence-electron chi connectivity index (χ3n) is 2.20. The highest BCUT2D eigenvalue weighted by molar-refractivity contribution is 5.50. The zero-order chi connectivity index (χ0) is 11.3. The van der Waals surface area contributed by atoms with Gasteiger partial charge in [0.15, 0.2) is 0 Å². The van der Waals surface area contributed by atoms with Gasteiger partial charge in [-0.3, -0.25) is 10.1 Å². The van der Waals surface area contributed by atoms with Crippen molar-refractivity contribution in [2.24, 2.45) is 0 Å². The van der Waals surface area contributed by atoms with Crippen molar-refractivity contribution >= 4 is 5.69 Å². The van der Waals surface area contributed by atoms with Gasteiger partial charge in [0, 0.05) is 6.07 Å². The number of nitro benzene ring substituents is 1. The van der Waals surface area contributed by atoms with E-state index in [1.807, 2.05) is 6.07 Å². The Morgan fingerprint density at radius 2 is 2.27 bits per heavy atom. The van der Waals surface area contributed by atoms with E-state index in [0.29, 0.717) is 0 Å². The number of benzene rings is 1. The normalized spacial score (nSPS) is 9.60. The van der Waals surface area contributed by atoms with Gasteiger partial charge >= 0.3 is 0 Å². The topological polar surface area (TPSA) is 66.9 Å². The largest absolute Gasteiger partial charge is 0.287 e. The minimum Gasteiger partial charge on any atom is -0.258 e. The van der Waals surface area contributed by atoms with Gasteiger partial charge in [-0.2, -0.15) is 5.26 Å². The highest BCUT2D eigenvalue weighted by atomic mass is 16.6. The Labute approximate surface area is 88.3 Å². The first-order valence-electron chi connectivity index (χ1n) is 4.86. The summed E-state index contributed by atoms with van der Waals surface area (Å²) < 4.78 is 0. The number of aryl methyl sites for hydroxylation is 1. The van der Waals surface area contributed by atoms with E-state index < -0.39 is 4.92 Å². The van der Waals surface area contributed by atoms with Crippen LogP contribution in [-0.4, -0.2) is 4.92 Å². The minimum absolute atomic E-state index is 0.113. The van der Waals surface area contributed by atoms with Crippen LogP contribution in [0.2, 0.25) is 0 Å². The maximum absolute atomic E-state index is 10.6. The van der Waals surface area contributed by atoms with Gasteiger partial charge in [-0.1, -0.05) is 19.4 Å². The Morgan fingerprint density at radius 1 is 1.53 bits per heavy atom. The lowest BCUT2D eigenvalue weighted by molar-refractivity contribution is -0.385. The zero-order valence-corrected chi connectivity index (χ0v) is 8.56. The first kappa shape index (κ1) is 11.2. The third-order valence-corrected chi connectivity index (χ3v) is 2.20. The molecule has 1 rings (SSSR count). The number of nitro groups is 1. The first-order valence-corrected chi connectivity index (χ1v) is 4.86. The zero-order valence-electron chi connectivity index (χ0n) is 8.56. The first-order chi connectivity index (χ1) is 7.19. The van der Waals surface area contributed by atoms with Gasteiger partial charge in [-0.25, -0.2) is 0 Å². The molecule has 0 atom stereocenters. The molecule has 1 aromatic rings. The molecule has 0 heterocycles. The molecule has 4 nitrogen and oxygen atoms in total. The fourth-order valence-electron chi connectivity index (χ4n) is 1.37. The lowest BCUT2D eigenvalue weighted by atomic mass is 10.0. The Bertz CT molecular complexity index is 408. The van der Waals surface area contributed by atoms with Crippen molar-refractivity contribution < 1.29 is 4.92 Å². The summed E-state index contributed by atoms with van der Waals surface area (Å²) in [5.74, 6) is 0. The molecule has 0 N–H and O–H groups in total. The summed E-state index contributed by atoms with van der Waals surface area (Å²) in [6.45, 7) is 2.08. The van der Waals surface area contributed by atoms with E-state index in [0.717, 1.165) is 24.8 Å². The molecule has 0 aliphatic rings. The molecule has 0 fully saturated rings. The fraction of sp³-hybridized carbons (Fsp3) is 0.364. The van der Waals surface area contributed by atoms with Crippen molar-refractivity contribution in [2.45, 2.75) is 26.2 Å². The summed E-state index contributed by atoms with van der Waals surface area (Å²) in [6.07, 6.45) is 2.96. The number of rotatable bonds is 4. The third kappa shape index (κ3) is 2.78. The van der Waals surface area contributed by atoms with E-state index in [4.69, 9.17) is 5.26 Å². The molecule has 0 bridgehead atoms. The van der Waals surface area contributed by atoms with Gasteiger partial charge in [0.25, 0.3) is 5.69 Å². The van der Waals surface area contributed by atoms with Crippen LogP contribution < -0.4 is 0 Å². The molecular weight excluding hydrogens is 192 g/mol. The number of nitriles is 1. The van der Waals surface area contributed by atoms with E-state index in [1.54, 1.807) is 12.1 Å². The standard InChI is InChI=1S/C11H12N2O2/c1-2-3-4-9-5-6-11(13(14)15)10(7-9)8-12/h5-7H,2-4H2,1H3. The van der Waals surface area contributed by atoms with E-state index in [2.05, 4.69) is 6.92 Å². The minimum atomic E-state index is -0.526. The van der Waals surface area contributed by atoms with Crippen LogP contribution in [-0.2, 0) is 6.42 Å². The molecule has 0 aliphatic carbocycles. The van der Waals surface area contributed by atoms with Crippen LogP contribution in [0.1, 0.15) is 30.9 Å². The molecule has 0 saturated carbocycles. The van der Waals surface area contributed by atoms with E-state index in [9.17, 15) is 10.1 Å². The summed E-state index contributed by atoms with van der Waals surface area (Å²) in [6, 6.07) is 6.58. The van der Waals surface area contributed by atoms with Gasteiger partial charge < -0.3 is 0 Å². The molecule has 0 saturated heterocycles. The molecule has 0 radical (unpaired) electrons. The van der Waals surface area contributed by atoms with Gasteiger partial charge in [0.2, 0.25) is 0 Å². The summed E-state index contributed by atoms with van der Waals surface area (Å²) in [4.78, 5) is 10.0. The van der Waals surface area contributed by atoms with Crippen molar-refractivity contribution in [1.82, 2.24) is 0 Å².